The van der Waals surface area contributed by atoms with Crippen molar-refractivity contribution in [2.75, 3.05) is 12.4 Å². The summed E-state index contributed by atoms with van der Waals surface area (Å²) in [6.45, 7) is 0. The second kappa shape index (κ2) is 8.19. The molecule has 0 spiro atoms. The van der Waals surface area contributed by atoms with Crippen LogP contribution in [-0.2, 0) is 6.18 Å². The van der Waals surface area contributed by atoms with E-state index in [2.05, 4.69) is 36.2 Å². The quantitative estimate of drug-likeness (QED) is 0.391. The number of carbonyl (C=O) groups excluding carboxylic acids is 1. The number of hydrogen-bond acceptors (Lipinski definition) is 5. The molecule has 2 aromatic heterocycles. The maximum absolute atomic E-state index is 13.9. The van der Waals surface area contributed by atoms with Crippen molar-refractivity contribution >= 4 is 38.7 Å². The lowest BCUT2D eigenvalue weighted by Crippen LogP contribution is -2.17. The number of hydrogen-bond donors (Lipinski definition) is 1. The summed E-state index contributed by atoms with van der Waals surface area (Å²) in [6, 6.07) is 8.12. The van der Waals surface area contributed by atoms with Crippen molar-refractivity contribution in [2.24, 2.45) is 0 Å². The summed E-state index contributed by atoms with van der Waals surface area (Å²) in [4.78, 5) is 23.9. The highest BCUT2D eigenvalue weighted by molar-refractivity contribution is 9.10. The zero-order valence-electron chi connectivity index (χ0n) is 16.1. The highest BCUT2D eigenvalue weighted by Crippen LogP contribution is 2.34. The van der Waals surface area contributed by atoms with Crippen LogP contribution in [0.15, 0.2) is 53.3 Å². The fourth-order valence-corrected chi connectivity index (χ4v) is 3.33. The number of rotatable bonds is 4. The van der Waals surface area contributed by atoms with Crippen LogP contribution in [0.25, 0.3) is 16.9 Å². The van der Waals surface area contributed by atoms with Crippen molar-refractivity contribution in [3.8, 4) is 11.6 Å². The van der Waals surface area contributed by atoms with Crippen molar-refractivity contribution < 1.29 is 27.1 Å². The van der Waals surface area contributed by atoms with Crippen LogP contribution in [0.1, 0.15) is 16.2 Å². The van der Waals surface area contributed by atoms with Crippen LogP contribution < -0.4 is 10.1 Å². The number of amides is 1. The lowest BCUT2D eigenvalue weighted by atomic mass is 10.2. The molecule has 4 aromatic rings. The Kier molecular flexibility index (Phi) is 5.55. The number of anilines is 1. The van der Waals surface area contributed by atoms with Crippen LogP contribution in [0.2, 0.25) is 0 Å². The van der Waals surface area contributed by atoms with Gasteiger partial charge in [0.25, 0.3) is 5.91 Å². The molecule has 0 fully saturated rings. The zero-order chi connectivity index (χ0) is 23.0. The monoisotopic (exact) mass is 509 g/mol. The number of ether oxygens (including phenoxy) is 1. The van der Waals surface area contributed by atoms with Gasteiger partial charge in [-0.3, -0.25) is 9.36 Å². The Morgan fingerprint density at radius 1 is 1.12 bits per heavy atom. The van der Waals surface area contributed by atoms with Crippen LogP contribution in [0.4, 0.5) is 23.4 Å². The minimum absolute atomic E-state index is 0.0565. The van der Waals surface area contributed by atoms with Crippen LogP contribution in [0.5, 0.6) is 5.75 Å². The normalized spacial score (nSPS) is 11.6. The number of benzene rings is 2. The maximum Gasteiger partial charge on any atom is 0.450 e. The number of halogens is 5. The molecule has 4 rings (SSSR count). The van der Waals surface area contributed by atoms with Crippen LogP contribution in [0, 0.1) is 5.82 Å². The van der Waals surface area contributed by atoms with E-state index in [9.17, 15) is 22.4 Å². The van der Waals surface area contributed by atoms with E-state index in [-0.39, 0.29) is 28.2 Å². The molecule has 12 heteroatoms. The first-order chi connectivity index (χ1) is 15.2. The first kappa shape index (κ1) is 21.7. The summed E-state index contributed by atoms with van der Waals surface area (Å²) in [5.74, 6) is -2.62. The smallest absolute Gasteiger partial charge is 0.450 e. The number of aromatic nitrogens is 4. The van der Waals surface area contributed by atoms with Gasteiger partial charge in [-0.1, -0.05) is 15.9 Å². The molecule has 2 aromatic carbocycles. The SMILES string of the molecule is COc1ccc2c(c1)nc(C(F)(F)F)n2-c1cnc(NC(=O)c2cc(Br)ccc2F)cn1. The molecule has 0 aliphatic carbocycles. The predicted octanol–water partition coefficient (Wildman–Crippen LogP) is 5.00. The van der Waals surface area contributed by atoms with Crippen LogP contribution in [0.3, 0.4) is 0 Å². The van der Waals surface area contributed by atoms with Crippen molar-refractivity contribution in [1.29, 1.82) is 0 Å². The Labute approximate surface area is 186 Å². The Balaban J connectivity index is 1.70. The van der Waals surface area contributed by atoms with Crippen molar-refractivity contribution in [3.63, 3.8) is 0 Å². The lowest BCUT2D eigenvalue weighted by Gasteiger charge is -2.11. The van der Waals surface area contributed by atoms with Gasteiger partial charge >= 0.3 is 6.18 Å². The van der Waals surface area contributed by atoms with E-state index in [0.29, 0.717) is 10.2 Å². The number of nitrogens with one attached hydrogen (secondary N) is 1. The first-order valence-electron chi connectivity index (χ1n) is 8.90. The number of alkyl halides is 3. The molecule has 0 unspecified atom stereocenters. The van der Waals surface area contributed by atoms with E-state index in [1.165, 1.54) is 37.4 Å². The predicted molar refractivity (Wildman–Crippen MR) is 110 cm³/mol. The third-order valence-electron chi connectivity index (χ3n) is 4.40. The second-order valence-corrected chi connectivity index (χ2v) is 7.38. The highest BCUT2D eigenvalue weighted by atomic mass is 79.9. The zero-order valence-corrected chi connectivity index (χ0v) is 17.7. The minimum Gasteiger partial charge on any atom is -0.497 e. The molecule has 32 heavy (non-hydrogen) atoms. The highest BCUT2D eigenvalue weighted by Gasteiger charge is 2.38. The third-order valence-corrected chi connectivity index (χ3v) is 4.89. The molecule has 1 amide bonds. The van der Waals surface area contributed by atoms with Gasteiger partial charge in [-0.05, 0) is 30.3 Å². The minimum atomic E-state index is -4.76. The second-order valence-electron chi connectivity index (χ2n) is 6.46. The largest absolute Gasteiger partial charge is 0.497 e. The van der Waals surface area contributed by atoms with Crippen LogP contribution in [-0.4, -0.2) is 32.5 Å². The number of carbonyl (C=O) groups is 1. The molecule has 0 atom stereocenters. The molecule has 0 aliphatic rings. The molecule has 0 radical (unpaired) electrons. The van der Waals surface area contributed by atoms with Crippen molar-refractivity contribution in [2.45, 2.75) is 6.18 Å². The summed E-state index contributed by atoms with van der Waals surface area (Å²) in [5, 5.41) is 2.36. The van der Waals surface area contributed by atoms with Gasteiger partial charge in [0.05, 0.1) is 36.1 Å². The summed E-state index contributed by atoms with van der Waals surface area (Å²) in [7, 11) is 1.39. The molecule has 2 heterocycles. The lowest BCUT2D eigenvalue weighted by molar-refractivity contribution is -0.145. The van der Waals surface area contributed by atoms with E-state index in [1.807, 2.05) is 0 Å². The maximum atomic E-state index is 13.9. The molecule has 0 bridgehead atoms. The molecule has 164 valence electrons. The number of imidazole rings is 1. The Hall–Kier alpha value is -3.54. The van der Waals surface area contributed by atoms with E-state index in [0.717, 1.165) is 23.0 Å². The summed E-state index contributed by atoms with van der Waals surface area (Å²) in [6.07, 6.45) is -2.65. The third kappa shape index (κ3) is 4.13. The van der Waals surface area contributed by atoms with Gasteiger partial charge in [0.1, 0.15) is 11.6 Å². The van der Waals surface area contributed by atoms with Gasteiger partial charge in [0, 0.05) is 10.5 Å². The standard InChI is InChI=1S/C20H12BrF4N5O2/c1-32-11-3-5-15-14(7-11)28-19(20(23,24)25)30(15)17-9-26-16(8-27-17)29-18(31)12-6-10(21)2-4-13(12)22/h2-9H,1H3,(H,26,29,31). The Morgan fingerprint density at radius 3 is 2.56 bits per heavy atom. The topological polar surface area (TPSA) is 81.9 Å². The fourth-order valence-electron chi connectivity index (χ4n) is 2.97. The van der Waals surface area contributed by atoms with Gasteiger partial charge < -0.3 is 10.1 Å². The fraction of sp³-hybridized carbons (Fsp3) is 0.100. The van der Waals surface area contributed by atoms with Gasteiger partial charge in [-0.25, -0.2) is 19.3 Å². The molecule has 0 aliphatic heterocycles. The van der Waals surface area contributed by atoms with E-state index >= 15 is 0 Å². The number of nitrogens with zero attached hydrogens (tertiary/aromatic N) is 4. The average molecular weight is 510 g/mol. The molecular formula is C20H12BrF4N5O2. The van der Waals surface area contributed by atoms with Gasteiger partial charge in [-0.2, -0.15) is 13.2 Å². The van der Waals surface area contributed by atoms with E-state index in [1.54, 1.807) is 0 Å². The first-order valence-corrected chi connectivity index (χ1v) is 9.69. The molecule has 7 nitrogen and oxygen atoms in total. The Morgan fingerprint density at radius 2 is 1.91 bits per heavy atom. The van der Waals surface area contributed by atoms with E-state index in [4.69, 9.17) is 4.74 Å². The molecule has 1 N–H and O–H groups in total. The summed E-state index contributed by atoms with van der Waals surface area (Å²) < 4.78 is 61.0. The molecular weight excluding hydrogens is 498 g/mol. The Bertz CT molecular complexity index is 1320. The summed E-state index contributed by atoms with van der Waals surface area (Å²) >= 11 is 3.15. The molecule has 0 saturated carbocycles. The van der Waals surface area contributed by atoms with Crippen molar-refractivity contribution in [3.05, 3.63) is 70.5 Å². The number of methoxy groups -OCH3 is 1. The average Bonchev–Trinajstić information content (AvgIpc) is 3.15. The van der Waals surface area contributed by atoms with Crippen LogP contribution >= 0.6 is 15.9 Å². The van der Waals surface area contributed by atoms with Crippen molar-refractivity contribution in [1.82, 2.24) is 19.5 Å². The number of fused-ring (bicyclic) bond motifs is 1. The molecule has 0 saturated heterocycles. The van der Waals surface area contributed by atoms with Gasteiger partial charge in [0.15, 0.2) is 11.6 Å². The summed E-state index contributed by atoms with van der Waals surface area (Å²) in [5.41, 5.74) is -0.0411. The van der Waals surface area contributed by atoms with Gasteiger partial charge in [0.2, 0.25) is 5.82 Å². The van der Waals surface area contributed by atoms with Gasteiger partial charge in [-0.15, -0.1) is 0 Å². The van der Waals surface area contributed by atoms with E-state index < -0.39 is 23.7 Å².